The second-order valence-electron chi connectivity index (χ2n) is 5.69. The Bertz CT molecular complexity index is 792. The van der Waals surface area contributed by atoms with Gasteiger partial charge < -0.3 is 9.88 Å². The van der Waals surface area contributed by atoms with Gasteiger partial charge >= 0.3 is 0 Å². The van der Waals surface area contributed by atoms with Crippen LogP contribution in [-0.4, -0.2) is 10.4 Å². The molecule has 1 aromatic carbocycles. The van der Waals surface area contributed by atoms with E-state index >= 15 is 0 Å². The number of nitrogens with zero attached hydrogens (tertiary/aromatic N) is 2. The van der Waals surface area contributed by atoms with E-state index in [2.05, 4.69) is 18.3 Å². The fourth-order valence-corrected chi connectivity index (χ4v) is 3.00. The lowest BCUT2D eigenvalue weighted by Crippen LogP contribution is -2.17. The normalized spacial score (nSPS) is 18.4. The number of nitriles is 1. The summed E-state index contributed by atoms with van der Waals surface area (Å²) in [5, 5.41) is 13.7. The highest BCUT2D eigenvalue weighted by atomic mass is 16.1. The van der Waals surface area contributed by atoms with E-state index in [9.17, 15) is 10.1 Å². The van der Waals surface area contributed by atoms with Gasteiger partial charge in [-0.2, -0.15) is 5.26 Å². The van der Waals surface area contributed by atoms with E-state index in [0.717, 1.165) is 28.8 Å². The summed E-state index contributed by atoms with van der Waals surface area (Å²) in [6.07, 6.45) is 3.10. The van der Waals surface area contributed by atoms with Crippen LogP contribution in [0.2, 0.25) is 0 Å². The minimum atomic E-state index is 0.147. The molecule has 0 saturated carbocycles. The van der Waals surface area contributed by atoms with E-state index < -0.39 is 0 Å². The van der Waals surface area contributed by atoms with E-state index in [0.29, 0.717) is 17.9 Å². The van der Waals surface area contributed by atoms with Crippen molar-refractivity contribution >= 4 is 22.5 Å². The zero-order valence-corrected chi connectivity index (χ0v) is 12.2. The van der Waals surface area contributed by atoms with Gasteiger partial charge in [0.15, 0.2) is 5.78 Å². The number of aromatic nitrogens is 1. The van der Waals surface area contributed by atoms with Gasteiger partial charge in [0.25, 0.3) is 0 Å². The quantitative estimate of drug-likeness (QED) is 0.917. The number of benzene rings is 1. The van der Waals surface area contributed by atoms with E-state index in [4.69, 9.17) is 0 Å². The summed E-state index contributed by atoms with van der Waals surface area (Å²) in [4.78, 5) is 11.7. The maximum atomic E-state index is 11.7. The summed E-state index contributed by atoms with van der Waals surface area (Å²) in [5.41, 5.74) is 2.52. The third-order valence-corrected chi connectivity index (χ3v) is 3.95. The molecule has 1 N–H and O–H groups in total. The van der Waals surface area contributed by atoms with E-state index in [1.54, 1.807) is 6.08 Å². The zero-order chi connectivity index (χ0) is 15.0. The van der Waals surface area contributed by atoms with Gasteiger partial charge in [-0.25, -0.2) is 0 Å². The Kier molecular flexibility index (Phi) is 3.26. The minimum absolute atomic E-state index is 0.147. The summed E-state index contributed by atoms with van der Waals surface area (Å²) in [7, 11) is 1.93. The van der Waals surface area contributed by atoms with E-state index in [-0.39, 0.29) is 5.78 Å². The Labute approximate surface area is 123 Å². The van der Waals surface area contributed by atoms with Gasteiger partial charge in [0.2, 0.25) is 0 Å². The predicted molar refractivity (Wildman–Crippen MR) is 82.7 cm³/mol. The van der Waals surface area contributed by atoms with Crippen LogP contribution >= 0.6 is 0 Å². The molecule has 0 saturated heterocycles. The topological polar surface area (TPSA) is 57.8 Å². The molecule has 1 aliphatic rings. The summed E-state index contributed by atoms with van der Waals surface area (Å²) in [6.45, 7) is 2.07. The molecule has 0 amide bonds. The fourth-order valence-electron chi connectivity index (χ4n) is 3.00. The molecule has 1 heterocycles. The largest absolute Gasteiger partial charge is 0.344 e. The number of carbonyl (C=O) groups excluding carboxylic acids is 1. The van der Waals surface area contributed by atoms with Gasteiger partial charge in [-0.15, -0.1) is 0 Å². The highest BCUT2D eigenvalue weighted by molar-refractivity contribution is 5.94. The number of aryl methyl sites for hydroxylation is 1. The number of hydrogen-bond acceptors (Lipinski definition) is 3. The average Bonchev–Trinajstić information content (AvgIpc) is 2.71. The molecular weight excluding hydrogens is 262 g/mol. The lowest BCUT2D eigenvalue weighted by molar-refractivity contribution is -0.115. The number of allylic oxidation sites excluding steroid dienone is 2. The van der Waals surface area contributed by atoms with Gasteiger partial charge in [0, 0.05) is 30.6 Å². The van der Waals surface area contributed by atoms with Crippen LogP contribution in [0, 0.1) is 17.2 Å². The molecule has 4 heteroatoms. The van der Waals surface area contributed by atoms with Crippen molar-refractivity contribution in [3.8, 4) is 6.07 Å². The highest BCUT2D eigenvalue weighted by Crippen LogP contribution is 2.31. The first-order chi connectivity index (χ1) is 10.1. The van der Waals surface area contributed by atoms with Gasteiger partial charge in [0.1, 0.15) is 17.5 Å². The van der Waals surface area contributed by atoms with Crippen LogP contribution in [-0.2, 0) is 11.8 Å². The molecule has 1 aromatic heterocycles. The Balaban J connectivity index is 2.07. The summed E-state index contributed by atoms with van der Waals surface area (Å²) in [5.74, 6) is 1.24. The molecule has 0 aliphatic heterocycles. The molecular formula is C17H17N3O. The highest BCUT2D eigenvalue weighted by Gasteiger charge is 2.20. The minimum Gasteiger partial charge on any atom is -0.344 e. The van der Waals surface area contributed by atoms with Crippen LogP contribution in [0.1, 0.15) is 25.3 Å². The van der Waals surface area contributed by atoms with Crippen molar-refractivity contribution in [1.29, 1.82) is 5.26 Å². The molecule has 106 valence electrons. The van der Waals surface area contributed by atoms with Crippen LogP contribution in [0.25, 0.3) is 10.9 Å². The van der Waals surface area contributed by atoms with Crippen molar-refractivity contribution < 1.29 is 4.79 Å². The number of ketones is 1. The fraction of sp³-hybridized carbons (Fsp3) is 0.294. The van der Waals surface area contributed by atoms with E-state index in [1.165, 1.54) is 0 Å². The smallest absolute Gasteiger partial charge is 0.157 e. The van der Waals surface area contributed by atoms with Crippen LogP contribution in [0.5, 0.6) is 0 Å². The Hall–Kier alpha value is -2.54. The lowest BCUT2D eigenvalue weighted by atomic mass is 9.93. The maximum absolute atomic E-state index is 11.7. The molecule has 0 radical (unpaired) electrons. The number of para-hydroxylation sites is 1. The van der Waals surface area contributed by atoms with Crippen molar-refractivity contribution in [2.24, 2.45) is 13.0 Å². The summed E-state index contributed by atoms with van der Waals surface area (Å²) >= 11 is 0. The number of hydrogen-bond donors (Lipinski definition) is 1. The Morgan fingerprint density at radius 2 is 2.10 bits per heavy atom. The Morgan fingerprint density at radius 1 is 1.33 bits per heavy atom. The lowest BCUT2D eigenvalue weighted by Gasteiger charge is -2.20. The third-order valence-electron chi connectivity index (χ3n) is 3.95. The molecule has 0 bridgehead atoms. The first kappa shape index (κ1) is 13.4. The number of anilines is 1. The van der Waals surface area contributed by atoms with Crippen molar-refractivity contribution in [2.45, 2.75) is 19.8 Å². The molecule has 0 spiro atoms. The first-order valence-corrected chi connectivity index (χ1v) is 7.08. The van der Waals surface area contributed by atoms with Crippen LogP contribution in [0.15, 0.2) is 36.0 Å². The van der Waals surface area contributed by atoms with Crippen LogP contribution in [0.4, 0.5) is 5.82 Å². The second kappa shape index (κ2) is 5.10. The monoisotopic (exact) mass is 279 g/mol. The van der Waals surface area contributed by atoms with E-state index in [1.807, 2.05) is 35.9 Å². The molecule has 4 nitrogen and oxygen atoms in total. The summed E-state index contributed by atoms with van der Waals surface area (Å²) in [6, 6.07) is 10.1. The molecule has 0 fully saturated rings. The first-order valence-electron chi connectivity index (χ1n) is 7.08. The van der Waals surface area contributed by atoms with Gasteiger partial charge in [0.05, 0.1) is 5.52 Å². The number of nitrogens with one attached hydrogen (secondary N) is 1. The standard InChI is InChI=1S/C17H17N3O/c1-11-7-12(9-13(21)8-11)19-17-15(10-18)14-5-3-4-6-16(14)20(17)2/h3-6,9,11,19H,7-8H2,1-2H3. The van der Waals surface area contributed by atoms with Crippen molar-refractivity contribution in [2.75, 3.05) is 5.32 Å². The average molecular weight is 279 g/mol. The predicted octanol–water partition coefficient (Wildman–Crippen LogP) is 3.34. The Morgan fingerprint density at radius 3 is 2.81 bits per heavy atom. The molecule has 3 rings (SSSR count). The van der Waals surface area contributed by atoms with Gasteiger partial charge in [-0.3, -0.25) is 4.79 Å². The summed E-state index contributed by atoms with van der Waals surface area (Å²) < 4.78 is 1.97. The molecule has 21 heavy (non-hydrogen) atoms. The van der Waals surface area contributed by atoms with Crippen molar-refractivity contribution in [1.82, 2.24) is 4.57 Å². The number of carbonyl (C=O) groups is 1. The van der Waals surface area contributed by atoms with Gasteiger partial charge in [-0.1, -0.05) is 25.1 Å². The van der Waals surface area contributed by atoms with Crippen molar-refractivity contribution in [3.63, 3.8) is 0 Å². The second-order valence-corrected chi connectivity index (χ2v) is 5.69. The van der Waals surface area contributed by atoms with Crippen molar-refractivity contribution in [3.05, 3.63) is 41.6 Å². The SMILES string of the molecule is CC1CC(=O)C=C(Nc2c(C#N)c3ccccc3n2C)C1. The van der Waals surface area contributed by atoms with Crippen LogP contribution < -0.4 is 5.32 Å². The third kappa shape index (κ3) is 2.31. The van der Waals surface area contributed by atoms with Crippen LogP contribution in [0.3, 0.4) is 0 Å². The molecule has 1 atom stereocenters. The molecule has 1 aliphatic carbocycles. The molecule has 1 unspecified atom stereocenters. The number of fused-ring (bicyclic) bond motifs is 1. The van der Waals surface area contributed by atoms with Gasteiger partial charge in [-0.05, 0) is 18.4 Å². The maximum Gasteiger partial charge on any atom is 0.157 e. The number of rotatable bonds is 2. The zero-order valence-electron chi connectivity index (χ0n) is 12.2. The molecule has 2 aromatic rings.